The molecule has 4 aromatic rings. The molecule has 0 amide bonds. The Bertz CT molecular complexity index is 1360. The highest BCUT2D eigenvalue weighted by molar-refractivity contribution is 6.10. The van der Waals surface area contributed by atoms with E-state index in [1.807, 2.05) is 23.1 Å². The Morgan fingerprint density at radius 1 is 1.18 bits per heavy atom. The quantitative estimate of drug-likeness (QED) is 0.463. The third-order valence-corrected chi connectivity index (χ3v) is 6.18. The van der Waals surface area contributed by atoms with Crippen molar-refractivity contribution in [3.8, 4) is 5.75 Å². The Labute approximate surface area is 189 Å². The van der Waals surface area contributed by atoms with Crippen LogP contribution in [0.1, 0.15) is 22.5 Å². The summed E-state index contributed by atoms with van der Waals surface area (Å²) in [6, 6.07) is 10.6. The number of H-pyrrole nitrogens is 1. The van der Waals surface area contributed by atoms with Gasteiger partial charge >= 0.3 is 5.97 Å². The normalized spacial score (nSPS) is 13.9. The number of pyridine rings is 1. The van der Waals surface area contributed by atoms with Crippen LogP contribution in [0.25, 0.3) is 21.8 Å². The van der Waals surface area contributed by atoms with Crippen LogP contribution in [-0.2, 0) is 28.9 Å². The third-order valence-electron chi connectivity index (χ3n) is 6.18. The summed E-state index contributed by atoms with van der Waals surface area (Å²) in [6.45, 7) is 1.40. The van der Waals surface area contributed by atoms with Crippen LogP contribution in [0.5, 0.6) is 5.75 Å². The van der Waals surface area contributed by atoms with E-state index in [1.165, 1.54) is 26.4 Å². The van der Waals surface area contributed by atoms with Gasteiger partial charge in [0.25, 0.3) is 0 Å². The minimum absolute atomic E-state index is 0.188. The average Bonchev–Trinajstić information content (AvgIpc) is 3.19. The third kappa shape index (κ3) is 3.80. The van der Waals surface area contributed by atoms with E-state index in [0.717, 1.165) is 39.5 Å². The summed E-state index contributed by atoms with van der Waals surface area (Å²) in [7, 11) is 2.61. The number of rotatable bonds is 5. The van der Waals surface area contributed by atoms with Gasteiger partial charge in [-0.3, -0.25) is 14.7 Å². The molecule has 6 nitrogen and oxygen atoms in total. The summed E-state index contributed by atoms with van der Waals surface area (Å²) in [4.78, 5) is 22.2. The first kappa shape index (κ1) is 21.3. The van der Waals surface area contributed by atoms with Crippen LogP contribution < -0.4 is 4.74 Å². The summed E-state index contributed by atoms with van der Waals surface area (Å²) < 4.78 is 38.3. The van der Waals surface area contributed by atoms with E-state index >= 15 is 0 Å². The zero-order valence-electron chi connectivity index (χ0n) is 18.4. The van der Waals surface area contributed by atoms with Crippen LogP contribution in [-0.4, -0.2) is 48.1 Å². The Hall–Kier alpha value is -3.52. The van der Waals surface area contributed by atoms with Crippen LogP contribution >= 0.6 is 0 Å². The van der Waals surface area contributed by atoms with Crippen LogP contribution in [0.4, 0.5) is 8.78 Å². The highest BCUT2D eigenvalue weighted by Gasteiger charge is 2.25. The molecular weight excluding hydrogens is 428 g/mol. The van der Waals surface area contributed by atoms with Gasteiger partial charge in [-0.15, -0.1) is 0 Å². The molecule has 0 fully saturated rings. The minimum Gasteiger partial charge on any atom is -0.491 e. The SMILES string of the molecule is COC(=O)CN1CCc2c(nc(Cc3cc(F)c(OC)c(F)c3)c3[nH]c4ccccc4c23)C1. The van der Waals surface area contributed by atoms with E-state index in [9.17, 15) is 13.6 Å². The van der Waals surface area contributed by atoms with Crippen molar-refractivity contribution in [2.45, 2.75) is 19.4 Å². The van der Waals surface area contributed by atoms with Crippen molar-refractivity contribution >= 4 is 27.8 Å². The highest BCUT2D eigenvalue weighted by atomic mass is 19.1. The largest absolute Gasteiger partial charge is 0.491 e. The number of ether oxygens (including phenoxy) is 2. The van der Waals surface area contributed by atoms with E-state index < -0.39 is 17.4 Å². The number of carbonyl (C=O) groups is 1. The molecule has 8 heteroatoms. The molecule has 0 aliphatic carbocycles. The molecule has 1 aliphatic heterocycles. The second-order valence-electron chi connectivity index (χ2n) is 8.21. The van der Waals surface area contributed by atoms with E-state index in [0.29, 0.717) is 24.3 Å². The van der Waals surface area contributed by atoms with Crippen molar-refractivity contribution < 1.29 is 23.0 Å². The van der Waals surface area contributed by atoms with Gasteiger partial charge in [-0.25, -0.2) is 8.78 Å². The average molecular weight is 451 g/mol. The molecular formula is C25H23F2N3O3. The maximum absolute atomic E-state index is 14.3. The zero-order valence-corrected chi connectivity index (χ0v) is 18.4. The molecule has 0 bridgehead atoms. The number of fused-ring (bicyclic) bond motifs is 5. The van der Waals surface area contributed by atoms with Crippen LogP contribution in [0.15, 0.2) is 36.4 Å². The molecule has 3 heterocycles. The molecule has 1 aliphatic rings. The summed E-state index contributed by atoms with van der Waals surface area (Å²) in [5.74, 6) is -2.19. The number of nitrogens with zero attached hydrogens (tertiary/aromatic N) is 2. The predicted octanol–water partition coefficient (Wildman–Crippen LogP) is 4.12. The lowest BCUT2D eigenvalue weighted by atomic mass is 9.96. The first-order valence-electron chi connectivity index (χ1n) is 10.7. The van der Waals surface area contributed by atoms with Crippen molar-refractivity contribution in [1.82, 2.24) is 14.9 Å². The lowest BCUT2D eigenvalue weighted by Crippen LogP contribution is -2.36. The van der Waals surface area contributed by atoms with Gasteiger partial charge < -0.3 is 14.5 Å². The summed E-state index contributed by atoms with van der Waals surface area (Å²) in [5.41, 5.74) is 5.01. The molecule has 0 saturated carbocycles. The monoisotopic (exact) mass is 451 g/mol. The van der Waals surface area contributed by atoms with Crippen LogP contribution in [0.3, 0.4) is 0 Å². The van der Waals surface area contributed by atoms with Crippen LogP contribution in [0.2, 0.25) is 0 Å². The molecule has 2 aromatic heterocycles. The fraction of sp³-hybridized carbons (Fsp3) is 0.280. The first-order valence-corrected chi connectivity index (χ1v) is 10.7. The molecule has 0 atom stereocenters. The zero-order chi connectivity index (χ0) is 23.1. The van der Waals surface area contributed by atoms with Gasteiger partial charge in [-0.05, 0) is 35.7 Å². The smallest absolute Gasteiger partial charge is 0.319 e. The molecule has 170 valence electrons. The number of hydrogen-bond donors (Lipinski definition) is 1. The molecule has 0 unspecified atom stereocenters. The Balaban J connectivity index is 1.64. The van der Waals surface area contributed by atoms with Gasteiger partial charge in [0.15, 0.2) is 17.4 Å². The lowest BCUT2D eigenvalue weighted by molar-refractivity contribution is -0.142. The van der Waals surface area contributed by atoms with E-state index in [1.54, 1.807) is 0 Å². The number of carbonyl (C=O) groups excluding carboxylic acids is 1. The van der Waals surface area contributed by atoms with Crippen molar-refractivity contribution in [2.24, 2.45) is 0 Å². The summed E-state index contributed by atoms with van der Waals surface area (Å²) >= 11 is 0. The fourth-order valence-corrected chi connectivity index (χ4v) is 4.68. The van der Waals surface area contributed by atoms with E-state index in [-0.39, 0.29) is 18.9 Å². The Morgan fingerprint density at radius 2 is 1.94 bits per heavy atom. The number of benzene rings is 2. The van der Waals surface area contributed by atoms with Gasteiger partial charge in [0.05, 0.1) is 37.7 Å². The number of halogens is 2. The summed E-state index contributed by atoms with van der Waals surface area (Å²) in [6.07, 6.45) is 0.981. The van der Waals surface area contributed by atoms with Crippen molar-refractivity contribution in [1.29, 1.82) is 0 Å². The molecule has 5 rings (SSSR count). The van der Waals surface area contributed by atoms with Gasteiger partial charge in [0.1, 0.15) is 0 Å². The molecule has 2 aromatic carbocycles. The van der Waals surface area contributed by atoms with Crippen LogP contribution in [0, 0.1) is 11.6 Å². The lowest BCUT2D eigenvalue weighted by Gasteiger charge is -2.28. The number of aromatic amines is 1. The predicted molar refractivity (Wildman–Crippen MR) is 120 cm³/mol. The van der Waals surface area contributed by atoms with Gasteiger partial charge in [0, 0.05) is 35.8 Å². The second kappa shape index (κ2) is 8.44. The van der Waals surface area contributed by atoms with Gasteiger partial charge in [0.2, 0.25) is 0 Å². The topological polar surface area (TPSA) is 67.4 Å². The number of para-hydroxylation sites is 1. The maximum atomic E-state index is 14.3. The molecule has 0 spiro atoms. The van der Waals surface area contributed by atoms with Gasteiger partial charge in [-0.2, -0.15) is 0 Å². The number of aromatic nitrogens is 2. The van der Waals surface area contributed by atoms with E-state index in [4.69, 9.17) is 14.5 Å². The van der Waals surface area contributed by atoms with E-state index in [2.05, 4.69) is 11.1 Å². The molecule has 1 N–H and O–H groups in total. The molecule has 0 radical (unpaired) electrons. The molecule has 33 heavy (non-hydrogen) atoms. The second-order valence-corrected chi connectivity index (χ2v) is 8.21. The standard InChI is InChI=1S/C25H23F2N3O3/c1-32-22(31)13-30-8-7-16-21(12-30)28-20(11-14-9-17(26)25(33-2)18(27)10-14)24-23(16)15-5-3-4-6-19(15)29-24/h3-6,9-10,29H,7-8,11-13H2,1-2H3. The van der Waals surface area contributed by atoms with Crippen molar-refractivity contribution in [2.75, 3.05) is 27.3 Å². The summed E-state index contributed by atoms with van der Waals surface area (Å²) in [5, 5.41) is 2.17. The number of esters is 1. The van der Waals surface area contributed by atoms with Gasteiger partial charge in [-0.1, -0.05) is 18.2 Å². The number of methoxy groups -OCH3 is 2. The first-order chi connectivity index (χ1) is 16.0. The minimum atomic E-state index is -0.748. The molecule has 0 saturated heterocycles. The van der Waals surface area contributed by atoms with Crippen molar-refractivity contribution in [3.05, 3.63) is 70.5 Å². The fourth-order valence-electron chi connectivity index (χ4n) is 4.68. The Kier molecular flexibility index (Phi) is 5.46. The number of hydrogen-bond acceptors (Lipinski definition) is 5. The highest BCUT2D eigenvalue weighted by Crippen LogP contribution is 2.35. The van der Waals surface area contributed by atoms with Crippen molar-refractivity contribution in [3.63, 3.8) is 0 Å². The Morgan fingerprint density at radius 3 is 2.67 bits per heavy atom. The number of nitrogens with one attached hydrogen (secondary N) is 1. The maximum Gasteiger partial charge on any atom is 0.319 e.